The molecule has 3 nitrogen and oxygen atoms in total. The van der Waals surface area contributed by atoms with E-state index in [1.54, 1.807) is 0 Å². The van der Waals surface area contributed by atoms with Gasteiger partial charge in [0.1, 0.15) is 11.2 Å². The van der Waals surface area contributed by atoms with E-state index in [0.29, 0.717) is 0 Å². The van der Waals surface area contributed by atoms with Gasteiger partial charge in [-0.15, -0.1) is 0 Å². The molecular weight excluding hydrogens is 909 g/mol. The number of furan rings is 1. The van der Waals surface area contributed by atoms with E-state index in [4.69, 9.17) is 4.42 Å². The number of nitrogens with zero attached hydrogens (tertiary/aromatic N) is 2. The van der Waals surface area contributed by atoms with Crippen LogP contribution in [0.3, 0.4) is 0 Å². The Morgan fingerprint density at radius 2 is 0.720 bits per heavy atom. The Morgan fingerprint density at radius 1 is 0.267 bits per heavy atom. The summed E-state index contributed by atoms with van der Waals surface area (Å²) in [5.41, 5.74) is 22.4. The fourth-order valence-electron chi connectivity index (χ4n) is 11.3. The second kappa shape index (κ2) is 18.6. The summed E-state index contributed by atoms with van der Waals surface area (Å²) in [6.45, 7) is 0. The normalized spacial score (nSPS) is 11.5. The van der Waals surface area contributed by atoms with Crippen molar-refractivity contribution in [1.82, 2.24) is 4.57 Å². The van der Waals surface area contributed by atoms with Crippen LogP contribution in [0, 0.1) is 0 Å². The zero-order valence-corrected chi connectivity index (χ0v) is 41.0. The number of aromatic nitrogens is 1. The topological polar surface area (TPSA) is 21.3 Å². The van der Waals surface area contributed by atoms with Crippen molar-refractivity contribution in [2.75, 3.05) is 4.90 Å². The van der Waals surface area contributed by atoms with E-state index >= 15 is 0 Å². The second-order valence-corrected chi connectivity index (χ2v) is 19.2. The van der Waals surface area contributed by atoms with Crippen LogP contribution < -0.4 is 4.90 Å². The molecule has 12 aromatic carbocycles. The van der Waals surface area contributed by atoms with Crippen molar-refractivity contribution in [1.29, 1.82) is 0 Å². The van der Waals surface area contributed by atoms with E-state index in [1.165, 1.54) is 49.6 Å². The summed E-state index contributed by atoms with van der Waals surface area (Å²) in [5, 5.41) is 4.76. The van der Waals surface area contributed by atoms with Gasteiger partial charge in [-0.25, -0.2) is 0 Å². The van der Waals surface area contributed by atoms with Gasteiger partial charge in [0.15, 0.2) is 0 Å². The van der Waals surface area contributed by atoms with Crippen molar-refractivity contribution in [3.63, 3.8) is 0 Å². The Balaban J connectivity index is 0.868. The van der Waals surface area contributed by atoms with Crippen molar-refractivity contribution >= 4 is 60.8 Å². The summed E-state index contributed by atoms with van der Waals surface area (Å²) >= 11 is 0. The van der Waals surface area contributed by atoms with E-state index in [1.807, 2.05) is 12.1 Å². The van der Waals surface area contributed by atoms with Gasteiger partial charge in [-0.05, 0) is 117 Å². The molecule has 0 saturated heterocycles. The van der Waals surface area contributed by atoms with Crippen molar-refractivity contribution in [3.05, 3.63) is 291 Å². The summed E-state index contributed by atoms with van der Waals surface area (Å²) in [6, 6.07) is 105. The lowest BCUT2D eigenvalue weighted by Gasteiger charge is -2.28. The van der Waals surface area contributed by atoms with Crippen LogP contribution in [0.25, 0.3) is 116 Å². The Bertz CT molecular complexity index is 4360. The molecule has 14 rings (SSSR count). The molecule has 0 saturated carbocycles. The quantitative estimate of drug-likeness (QED) is 0.136. The molecule has 75 heavy (non-hydrogen) atoms. The average molecular weight is 957 g/mol. The maximum Gasteiger partial charge on any atom is 0.143 e. The number of rotatable bonds is 10. The highest BCUT2D eigenvalue weighted by Gasteiger charge is 2.21. The van der Waals surface area contributed by atoms with E-state index in [9.17, 15) is 0 Å². The lowest BCUT2D eigenvalue weighted by Crippen LogP contribution is -2.11. The number of anilines is 3. The minimum atomic E-state index is 0.901. The fraction of sp³-hybridized carbons (Fsp3) is 0. The zero-order chi connectivity index (χ0) is 49.7. The Kier molecular flexibility index (Phi) is 10.8. The smallest absolute Gasteiger partial charge is 0.143 e. The highest BCUT2D eigenvalue weighted by atomic mass is 16.3. The Hall–Kier alpha value is -9.96. The monoisotopic (exact) mass is 956 g/mol. The third-order valence-corrected chi connectivity index (χ3v) is 14.8. The van der Waals surface area contributed by atoms with Crippen molar-refractivity contribution in [2.45, 2.75) is 0 Å². The summed E-state index contributed by atoms with van der Waals surface area (Å²) in [5.74, 6) is 0. The summed E-state index contributed by atoms with van der Waals surface area (Å²) in [6.07, 6.45) is 0. The zero-order valence-electron chi connectivity index (χ0n) is 41.0. The maximum atomic E-state index is 6.48. The molecule has 0 radical (unpaired) electrons. The predicted octanol–water partition coefficient (Wildman–Crippen LogP) is 20.2. The van der Waals surface area contributed by atoms with Gasteiger partial charge in [-0.2, -0.15) is 0 Å². The summed E-state index contributed by atoms with van der Waals surface area (Å²) < 4.78 is 8.90. The molecule has 3 heteroatoms. The minimum absolute atomic E-state index is 0.901. The molecule has 0 atom stereocenters. The molecule has 0 aliphatic rings. The Labute approximate surface area is 436 Å². The molecule has 0 bridgehead atoms. The molecule has 0 N–H and O–H groups in total. The Morgan fingerprint density at radius 3 is 1.41 bits per heavy atom. The number of hydrogen-bond donors (Lipinski definition) is 0. The van der Waals surface area contributed by atoms with Crippen LogP contribution in [0.1, 0.15) is 0 Å². The highest BCUT2D eigenvalue weighted by Crippen LogP contribution is 2.45. The molecule has 0 aliphatic heterocycles. The first-order chi connectivity index (χ1) is 37.2. The van der Waals surface area contributed by atoms with Gasteiger partial charge in [0.2, 0.25) is 0 Å². The van der Waals surface area contributed by atoms with Crippen LogP contribution in [0.2, 0.25) is 0 Å². The van der Waals surface area contributed by atoms with Gasteiger partial charge in [0, 0.05) is 49.6 Å². The number of fused-ring (bicyclic) bond motifs is 6. The van der Waals surface area contributed by atoms with Crippen LogP contribution in [0.15, 0.2) is 296 Å². The molecule has 0 amide bonds. The molecule has 0 fully saturated rings. The first-order valence-corrected chi connectivity index (χ1v) is 25.7. The van der Waals surface area contributed by atoms with E-state index in [0.717, 1.165) is 83.6 Å². The largest absolute Gasteiger partial charge is 0.455 e. The van der Waals surface area contributed by atoms with Crippen molar-refractivity contribution < 1.29 is 4.42 Å². The number of hydrogen-bond acceptors (Lipinski definition) is 2. The third kappa shape index (κ3) is 7.78. The number of para-hydroxylation sites is 6. The van der Waals surface area contributed by atoms with Crippen LogP contribution in [0.5, 0.6) is 0 Å². The van der Waals surface area contributed by atoms with E-state index < -0.39 is 0 Å². The lowest BCUT2D eigenvalue weighted by atomic mass is 9.93. The molecule has 0 aliphatic carbocycles. The van der Waals surface area contributed by atoms with Crippen molar-refractivity contribution in [3.8, 4) is 72.4 Å². The molecule has 14 aromatic rings. The minimum Gasteiger partial charge on any atom is -0.455 e. The third-order valence-electron chi connectivity index (χ3n) is 14.8. The SMILES string of the molecule is c1ccc(-c2cccc(-c3ccccc3N(c3ccc(-c4cccc(-c5cccc6c5oc5ccccc56)c4)cc3)c3ccc(-c4ccccc4-c4ccccc4-n4c5ccccc5c5ccccc54)cc3)c2)cc1. The first-order valence-electron chi connectivity index (χ1n) is 25.7. The van der Waals surface area contributed by atoms with Crippen molar-refractivity contribution in [2.24, 2.45) is 0 Å². The molecule has 352 valence electrons. The van der Waals surface area contributed by atoms with E-state index in [2.05, 4.69) is 289 Å². The first kappa shape index (κ1) is 43.8. The molecule has 2 aromatic heterocycles. The van der Waals surface area contributed by atoms with Crippen LogP contribution in [-0.4, -0.2) is 4.57 Å². The van der Waals surface area contributed by atoms with Gasteiger partial charge >= 0.3 is 0 Å². The summed E-state index contributed by atoms with van der Waals surface area (Å²) in [4.78, 5) is 2.40. The predicted molar refractivity (Wildman–Crippen MR) is 315 cm³/mol. The van der Waals surface area contributed by atoms with Crippen LogP contribution in [-0.2, 0) is 0 Å². The van der Waals surface area contributed by atoms with Crippen LogP contribution in [0.4, 0.5) is 17.1 Å². The molecule has 0 spiro atoms. The van der Waals surface area contributed by atoms with Gasteiger partial charge < -0.3 is 13.9 Å². The standard InChI is InChI=1S/C72H48N2O/c1-2-19-49(20-3-1)52-21-16-23-54(47-52)59-26-6-11-34-67(59)73(56-43-39-50(40-44-56)53-22-17-24-55(48-53)60-32-18-33-66-65-31-10-15-38-71(65)75-72(60)66)57-45-41-51(42-46-57)58-25-4-5-27-61(58)62-28-7-12-35-68(62)74-69-36-13-8-29-63(69)64-30-9-14-37-70(64)74/h1-48H. The molecular formula is C72H48N2O. The second-order valence-electron chi connectivity index (χ2n) is 19.2. The summed E-state index contributed by atoms with van der Waals surface area (Å²) in [7, 11) is 0. The van der Waals surface area contributed by atoms with Gasteiger partial charge in [-0.3, -0.25) is 0 Å². The molecule has 2 heterocycles. The van der Waals surface area contributed by atoms with E-state index in [-0.39, 0.29) is 0 Å². The fourth-order valence-corrected chi connectivity index (χ4v) is 11.3. The lowest BCUT2D eigenvalue weighted by molar-refractivity contribution is 0.670. The number of benzene rings is 12. The highest BCUT2D eigenvalue weighted by molar-refractivity contribution is 6.11. The van der Waals surface area contributed by atoms with Gasteiger partial charge in [0.05, 0.1) is 22.4 Å². The maximum absolute atomic E-state index is 6.48. The van der Waals surface area contributed by atoms with Gasteiger partial charge in [0.25, 0.3) is 0 Å². The van der Waals surface area contributed by atoms with Crippen LogP contribution >= 0.6 is 0 Å². The van der Waals surface area contributed by atoms with Gasteiger partial charge in [-0.1, -0.05) is 224 Å². The average Bonchev–Trinajstić information content (AvgIpc) is 4.05. The molecule has 0 unspecified atom stereocenters.